The number of amides is 2. The lowest BCUT2D eigenvalue weighted by atomic mass is 9.64. The number of rotatable bonds is 4. The topological polar surface area (TPSA) is 71.1 Å². The van der Waals surface area contributed by atoms with E-state index in [9.17, 15) is 14.0 Å². The average Bonchev–Trinajstić information content (AvgIpc) is 2.94. The number of carbonyl (C=O) groups excluding carboxylic acids is 2. The highest BCUT2D eigenvalue weighted by atomic mass is 32.1. The predicted octanol–water partition coefficient (Wildman–Crippen LogP) is 4.45. The van der Waals surface area contributed by atoms with E-state index in [0.29, 0.717) is 29.2 Å². The number of nitrogens with zero attached hydrogens (tertiary/aromatic N) is 1. The van der Waals surface area contributed by atoms with Crippen molar-refractivity contribution in [3.8, 4) is 0 Å². The summed E-state index contributed by atoms with van der Waals surface area (Å²) in [7, 11) is 0. The van der Waals surface area contributed by atoms with Gasteiger partial charge >= 0.3 is 0 Å². The summed E-state index contributed by atoms with van der Waals surface area (Å²) >= 11 is 1.35. The van der Waals surface area contributed by atoms with Crippen LogP contribution in [0.2, 0.25) is 0 Å². The molecule has 1 aliphatic carbocycles. The summed E-state index contributed by atoms with van der Waals surface area (Å²) in [5.41, 5.74) is 1.45. The molecule has 2 aromatic carbocycles. The zero-order valence-electron chi connectivity index (χ0n) is 14.7. The molecule has 0 bridgehead atoms. The Kier molecular flexibility index (Phi) is 4.39. The van der Waals surface area contributed by atoms with Gasteiger partial charge in [-0.15, -0.1) is 0 Å². The standard InChI is InChI=1S/C20H18FN3O2S/c1-12(25)22-15-6-7-16-17(11-15)27-19(23-16)24-18(26)20(8-3-9-20)13-4-2-5-14(21)10-13/h2,4-7,10-11H,3,8-9H2,1H3,(H,22,25)(H,23,24,26). The Morgan fingerprint density at radius 2 is 1.96 bits per heavy atom. The minimum atomic E-state index is -0.693. The average molecular weight is 383 g/mol. The zero-order chi connectivity index (χ0) is 19.0. The number of hydrogen-bond acceptors (Lipinski definition) is 4. The third-order valence-corrected chi connectivity index (χ3v) is 5.88. The molecule has 0 radical (unpaired) electrons. The molecule has 3 aromatic rings. The highest BCUT2D eigenvalue weighted by Gasteiger charge is 2.46. The maximum absolute atomic E-state index is 13.6. The lowest BCUT2D eigenvalue weighted by molar-refractivity contribution is -0.124. The van der Waals surface area contributed by atoms with Gasteiger partial charge in [0.25, 0.3) is 0 Å². The maximum atomic E-state index is 13.6. The van der Waals surface area contributed by atoms with Gasteiger partial charge in [-0.05, 0) is 48.7 Å². The molecule has 2 amide bonds. The van der Waals surface area contributed by atoms with E-state index in [0.717, 1.165) is 16.6 Å². The molecule has 1 fully saturated rings. The van der Waals surface area contributed by atoms with E-state index in [1.807, 2.05) is 6.07 Å². The number of aromatic nitrogens is 1. The molecule has 0 saturated heterocycles. The van der Waals surface area contributed by atoms with Crippen molar-refractivity contribution in [1.29, 1.82) is 0 Å². The minimum Gasteiger partial charge on any atom is -0.326 e. The molecule has 7 heteroatoms. The molecule has 0 spiro atoms. The van der Waals surface area contributed by atoms with Crippen LogP contribution in [0.25, 0.3) is 10.2 Å². The van der Waals surface area contributed by atoms with Crippen molar-refractivity contribution >= 4 is 44.2 Å². The molecule has 0 unspecified atom stereocenters. The van der Waals surface area contributed by atoms with Gasteiger partial charge in [-0.25, -0.2) is 9.37 Å². The van der Waals surface area contributed by atoms with Gasteiger partial charge in [0.05, 0.1) is 15.6 Å². The lowest BCUT2D eigenvalue weighted by Gasteiger charge is -2.40. The van der Waals surface area contributed by atoms with Crippen LogP contribution in [0.5, 0.6) is 0 Å². The summed E-state index contributed by atoms with van der Waals surface area (Å²) in [6.45, 7) is 1.45. The summed E-state index contributed by atoms with van der Waals surface area (Å²) in [5.74, 6) is -0.632. The first-order valence-electron chi connectivity index (χ1n) is 8.72. The van der Waals surface area contributed by atoms with E-state index >= 15 is 0 Å². The summed E-state index contributed by atoms with van der Waals surface area (Å²) < 4.78 is 14.5. The number of carbonyl (C=O) groups is 2. The number of thiazole rings is 1. The van der Waals surface area contributed by atoms with E-state index in [1.54, 1.807) is 24.3 Å². The van der Waals surface area contributed by atoms with Gasteiger partial charge in [0.2, 0.25) is 11.8 Å². The fourth-order valence-corrected chi connectivity index (χ4v) is 4.34. The Morgan fingerprint density at radius 1 is 1.15 bits per heavy atom. The smallest absolute Gasteiger partial charge is 0.236 e. The van der Waals surface area contributed by atoms with Gasteiger partial charge in [0.15, 0.2) is 5.13 Å². The summed E-state index contributed by atoms with van der Waals surface area (Å²) in [5, 5.41) is 6.14. The second kappa shape index (κ2) is 6.74. The second-order valence-corrected chi connectivity index (χ2v) is 7.81. The zero-order valence-corrected chi connectivity index (χ0v) is 15.5. The van der Waals surface area contributed by atoms with Gasteiger partial charge in [-0.2, -0.15) is 0 Å². The van der Waals surface area contributed by atoms with Crippen LogP contribution < -0.4 is 10.6 Å². The molecule has 5 nitrogen and oxygen atoms in total. The molecular weight excluding hydrogens is 365 g/mol. The largest absolute Gasteiger partial charge is 0.326 e. The minimum absolute atomic E-state index is 0.144. The number of nitrogens with one attached hydrogen (secondary N) is 2. The molecule has 138 valence electrons. The van der Waals surface area contributed by atoms with Crippen molar-refractivity contribution < 1.29 is 14.0 Å². The van der Waals surface area contributed by atoms with Crippen LogP contribution in [-0.2, 0) is 15.0 Å². The van der Waals surface area contributed by atoms with Gasteiger partial charge in [0.1, 0.15) is 5.82 Å². The summed E-state index contributed by atoms with van der Waals surface area (Å²) in [6.07, 6.45) is 2.32. The SMILES string of the molecule is CC(=O)Nc1ccc2nc(NC(=O)C3(c4cccc(F)c4)CCC3)sc2c1. The molecule has 1 aliphatic rings. The summed E-state index contributed by atoms with van der Waals surface area (Å²) in [4.78, 5) is 28.7. The molecular formula is C20H18FN3O2S. The Labute approximate surface area is 159 Å². The molecule has 27 heavy (non-hydrogen) atoms. The van der Waals surface area contributed by atoms with Crippen molar-refractivity contribution in [2.45, 2.75) is 31.6 Å². The number of fused-ring (bicyclic) bond motifs is 1. The maximum Gasteiger partial charge on any atom is 0.236 e. The highest BCUT2D eigenvalue weighted by Crippen LogP contribution is 2.45. The van der Waals surface area contributed by atoms with Crippen LogP contribution in [-0.4, -0.2) is 16.8 Å². The van der Waals surface area contributed by atoms with Crippen LogP contribution in [0.1, 0.15) is 31.7 Å². The number of benzene rings is 2. The molecule has 4 rings (SSSR count). The Hall–Kier alpha value is -2.80. The first kappa shape index (κ1) is 17.6. The Balaban J connectivity index is 1.59. The molecule has 1 heterocycles. The highest BCUT2D eigenvalue weighted by molar-refractivity contribution is 7.22. The number of hydrogen-bond donors (Lipinski definition) is 2. The van der Waals surface area contributed by atoms with Crippen molar-refractivity contribution in [3.63, 3.8) is 0 Å². The first-order chi connectivity index (χ1) is 13.0. The van der Waals surface area contributed by atoms with Crippen molar-refractivity contribution in [2.75, 3.05) is 10.6 Å². The molecule has 0 aliphatic heterocycles. The predicted molar refractivity (Wildman–Crippen MR) is 104 cm³/mol. The second-order valence-electron chi connectivity index (χ2n) is 6.78. The molecule has 1 aromatic heterocycles. The van der Waals surface area contributed by atoms with Crippen molar-refractivity contribution in [1.82, 2.24) is 4.98 Å². The fourth-order valence-electron chi connectivity index (χ4n) is 3.44. The van der Waals surface area contributed by atoms with Crippen LogP contribution in [0, 0.1) is 5.82 Å². The molecule has 0 atom stereocenters. The first-order valence-corrected chi connectivity index (χ1v) is 9.54. The number of halogens is 1. The van der Waals surface area contributed by atoms with Crippen LogP contribution in [0.15, 0.2) is 42.5 Å². The van der Waals surface area contributed by atoms with Gasteiger partial charge in [-0.3, -0.25) is 9.59 Å². The van der Waals surface area contributed by atoms with Crippen molar-refractivity contribution in [2.24, 2.45) is 0 Å². The molecule has 1 saturated carbocycles. The lowest BCUT2D eigenvalue weighted by Crippen LogP contribution is -2.46. The Morgan fingerprint density at radius 3 is 2.63 bits per heavy atom. The van der Waals surface area contributed by atoms with Crippen LogP contribution >= 0.6 is 11.3 Å². The number of anilines is 2. The summed E-state index contributed by atoms with van der Waals surface area (Å²) in [6, 6.07) is 11.7. The van der Waals surface area contributed by atoms with E-state index in [-0.39, 0.29) is 17.6 Å². The third kappa shape index (κ3) is 3.30. The van der Waals surface area contributed by atoms with E-state index in [4.69, 9.17) is 0 Å². The fraction of sp³-hybridized carbons (Fsp3) is 0.250. The van der Waals surface area contributed by atoms with E-state index in [2.05, 4.69) is 15.6 Å². The monoisotopic (exact) mass is 383 g/mol. The van der Waals surface area contributed by atoms with E-state index < -0.39 is 5.41 Å². The normalized spacial score (nSPS) is 15.2. The van der Waals surface area contributed by atoms with Gasteiger partial charge < -0.3 is 10.6 Å². The van der Waals surface area contributed by atoms with Crippen molar-refractivity contribution in [3.05, 3.63) is 53.8 Å². The van der Waals surface area contributed by atoms with Crippen LogP contribution in [0.3, 0.4) is 0 Å². The van der Waals surface area contributed by atoms with Gasteiger partial charge in [0, 0.05) is 12.6 Å². The molecule has 2 N–H and O–H groups in total. The van der Waals surface area contributed by atoms with Gasteiger partial charge in [-0.1, -0.05) is 29.9 Å². The van der Waals surface area contributed by atoms with E-state index in [1.165, 1.54) is 30.4 Å². The third-order valence-electron chi connectivity index (χ3n) is 4.95. The quantitative estimate of drug-likeness (QED) is 0.699. The van der Waals surface area contributed by atoms with Crippen LogP contribution in [0.4, 0.5) is 15.2 Å². The Bertz CT molecular complexity index is 1040.